The van der Waals surface area contributed by atoms with Gasteiger partial charge in [-0.15, -0.1) is 10.2 Å². The number of nitrogens with zero attached hydrogens (tertiary/aromatic N) is 3. The maximum atomic E-state index is 13.0. The van der Waals surface area contributed by atoms with Crippen LogP contribution in [0, 0.1) is 0 Å². The summed E-state index contributed by atoms with van der Waals surface area (Å²) in [5.41, 5.74) is 2.77. The van der Waals surface area contributed by atoms with Gasteiger partial charge in [0.15, 0.2) is 0 Å². The number of alkyl halides is 3. The fraction of sp³-hybridized carbons (Fsp3) is 0.100. The predicted molar refractivity (Wildman–Crippen MR) is 104 cm³/mol. The van der Waals surface area contributed by atoms with Crippen molar-refractivity contribution < 1.29 is 18.0 Å². The van der Waals surface area contributed by atoms with Crippen LogP contribution in [-0.4, -0.2) is 21.1 Å². The molecule has 29 heavy (non-hydrogen) atoms. The second-order valence-corrected chi connectivity index (χ2v) is 7.07. The lowest BCUT2D eigenvalue weighted by molar-refractivity contribution is -0.137. The molecule has 5 nitrogen and oxygen atoms in total. The highest BCUT2D eigenvalue weighted by molar-refractivity contribution is 7.13. The van der Waals surface area contributed by atoms with Gasteiger partial charge in [0.25, 0.3) is 0 Å². The van der Waals surface area contributed by atoms with Crippen LogP contribution in [0.5, 0.6) is 0 Å². The van der Waals surface area contributed by atoms with Crippen LogP contribution in [0.3, 0.4) is 0 Å². The van der Waals surface area contributed by atoms with Crippen LogP contribution in [0.15, 0.2) is 60.1 Å². The Morgan fingerprint density at radius 2 is 1.90 bits per heavy atom. The molecule has 0 atom stereocenters. The second kappa shape index (κ2) is 7.59. The molecule has 0 aliphatic carbocycles. The minimum absolute atomic E-state index is 0.0516. The average Bonchev–Trinajstić information content (AvgIpc) is 3.20. The van der Waals surface area contributed by atoms with Crippen LogP contribution < -0.4 is 5.32 Å². The molecule has 146 valence electrons. The summed E-state index contributed by atoms with van der Waals surface area (Å²) in [5, 5.41) is 11.3. The lowest BCUT2D eigenvalue weighted by atomic mass is 10.0. The van der Waals surface area contributed by atoms with E-state index in [1.165, 1.54) is 22.9 Å². The largest absolute Gasteiger partial charge is 0.416 e. The third-order valence-electron chi connectivity index (χ3n) is 4.25. The molecule has 0 radical (unpaired) electrons. The highest BCUT2D eigenvalue weighted by Gasteiger charge is 2.30. The van der Waals surface area contributed by atoms with Crippen LogP contribution in [-0.2, 0) is 17.4 Å². The second-order valence-electron chi connectivity index (χ2n) is 6.23. The molecule has 2 heterocycles. The summed E-state index contributed by atoms with van der Waals surface area (Å²) < 4.78 is 39.1. The van der Waals surface area contributed by atoms with Crippen LogP contribution >= 0.6 is 11.3 Å². The van der Waals surface area contributed by atoms with Crippen molar-refractivity contribution in [1.82, 2.24) is 15.2 Å². The number of carbonyl (C=O) groups excluding carboxylic acids is 1. The fourth-order valence-corrected chi connectivity index (χ4v) is 3.39. The highest BCUT2D eigenvalue weighted by atomic mass is 32.1. The molecular weight excluding hydrogens is 401 g/mol. The molecule has 4 aromatic rings. The van der Waals surface area contributed by atoms with Gasteiger partial charge in [-0.3, -0.25) is 4.79 Å². The van der Waals surface area contributed by atoms with Crippen LogP contribution in [0.2, 0.25) is 0 Å². The van der Waals surface area contributed by atoms with Gasteiger partial charge in [0.1, 0.15) is 5.51 Å². The lowest BCUT2D eigenvalue weighted by Crippen LogP contribution is -2.14. The smallest absolute Gasteiger partial charge is 0.300 e. The maximum absolute atomic E-state index is 13.0. The first kappa shape index (κ1) is 19.0. The van der Waals surface area contributed by atoms with Crippen LogP contribution in [0.4, 0.5) is 18.3 Å². The van der Waals surface area contributed by atoms with E-state index in [1.807, 2.05) is 12.1 Å². The van der Waals surface area contributed by atoms with Crippen molar-refractivity contribution in [2.24, 2.45) is 0 Å². The van der Waals surface area contributed by atoms with Gasteiger partial charge in [-0.25, -0.2) is 4.98 Å². The molecule has 9 heteroatoms. The van der Waals surface area contributed by atoms with Crippen molar-refractivity contribution in [2.45, 2.75) is 12.6 Å². The SMILES string of the molecule is O=C(Cc1cccc2ccc(-c3cccc(C(F)(F)F)c3)nc12)Nc1nncs1. The minimum Gasteiger partial charge on any atom is -0.300 e. The molecule has 0 fully saturated rings. The topological polar surface area (TPSA) is 67.8 Å². The summed E-state index contributed by atoms with van der Waals surface area (Å²) in [5.74, 6) is -0.277. The van der Waals surface area contributed by atoms with E-state index in [-0.39, 0.29) is 12.3 Å². The van der Waals surface area contributed by atoms with Crippen molar-refractivity contribution in [1.29, 1.82) is 0 Å². The van der Waals surface area contributed by atoms with E-state index < -0.39 is 11.7 Å². The van der Waals surface area contributed by atoms with Crippen molar-refractivity contribution >= 4 is 33.3 Å². The Morgan fingerprint density at radius 1 is 1.07 bits per heavy atom. The first-order chi connectivity index (χ1) is 13.9. The Kier molecular flexibility index (Phi) is 4.98. The van der Waals surface area contributed by atoms with Gasteiger partial charge in [-0.1, -0.05) is 47.7 Å². The van der Waals surface area contributed by atoms with E-state index in [0.29, 0.717) is 27.5 Å². The number of nitrogens with one attached hydrogen (secondary N) is 1. The van der Waals surface area contributed by atoms with E-state index in [1.54, 1.807) is 24.3 Å². The molecule has 0 saturated heterocycles. The van der Waals surface area contributed by atoms with Crippen molar-refractivity contribution in [2.75, 3.05) is 5.32 Å². The van der Waals surface area contributed by atoms with Gasteiger partial charge in [0, 0.05) is 10.9 Å². The summed E-state index contributed by atoms with van der Waals surface area (Å²) in [6.45, 7) is 0. The molecule has 1 N–H and O–H groups in total. The summed E-state index contributed by atoms with van der Waals surface area (Å²) in [6, 6.07) is 13.9. The van der Waals surface area contributed by atoms with Gasteiger partial charge in [0.05, 0.1) is 23.2 Å². The fourth-order valence-electron chi connectivity index (χ4n) is 2.93. The molecule has 0 aliphatic rings. The predicted octanol–water partition coefficient (Wildman–Crippen LogP) is 4.95. The van der Waals surface area contributed by atoms with Crippen molar-refractivity contribution in [3.05, 3.63) is 71.2 Å². The number of rotatable bonds is 4. The molecule has 2 aromatic heterocycles. The Balaban J connectivity index is 1.68. The summed E-state index contributed by atoms with van der Waals surface area (Å²) >= 11 is 1.21. The van der Waals surface area contributed by atoms with Gasteiger partial charge in [-0.05, 0) is 23.8 Å². The number of amides is 1. The zero-order chi connectivity index (χ0) is 20.4. The molecular formula is C20H13F3N4OS. The number of hydrogen-bond donors (Lipinski definition) is 1. The quantitative estimate of drug-likeness (QED) is 0.513. The van der Waals surface area contributed by atoms with Crippen LogP contribution in [0.1, 0.15) is 11.1 Å². The molecule has 0 aliphatic heterocycles. The number of fused-ring (bicyclic) bond motifs is 1. The molecule has 2 aromatic carbocycles. The van der Waals surface area contributed by atoms with Gasteiger partial charge in [-0.2, -0.15) is 13.2 Å². The first-order valence-corrected chi connectivity index (χ1v) is 9.40. The maximum Gasteiger partial charge on any atom is 0.416 e. The average molecular weight is 414 g/mol. The van der Waals surface area contributed by atoms with Gasteiger partial charge >= 0.3 is 6.18 Å². The number of para-hydroxylation sites is 1. The summed E-state index contributed by atoms with van der Waals surface area (Å²) in [7, 11) is 0. The first-order valence-electron chi connectivity index (χ1n) is 8.52. The van der Waals surface area contributed by atoms with E-state index >= 15 is 0 Å². The molecule has 4 rings (SSSR count). The normalized spacial score (nSPS) is 11.6. The summed E-state index contributed by atoms with van der Waals surface area (Å²) in [6.07, 6.45) is -4.38. The number of hydrogen-bond acceptors (Lipinski definition) is 5. The number of anilines is 1. The third kappa shape index (κ3) is 4.24. The zero-order valence-corrected chi connectivity index (χ0v) is 15.6. The molecule has 0 spiro atoms. The van der Waals surface area contributed by atoms with E-state index in [0.717, 1.165) is 17.5 Å². The monoisotopic (exact) mass is 414 g/mol. The van der Waals surface area contributed by atoms with E-state index in [2.05, 4.69) is 20.5 Å². The highest BCUT2D eigenvalue weighted by Crippen LogP contribution is 2.32. The Morgan fingerprint density at radius 3 is 2.66 bits per heavy atom. The number of halogens is 3. The summed E-state index contributed by atoms with van der Waals surface area (Å²) in [4.78, 5) is 16.9. The van der Waals surface area contributed by atoms with Crippen molar-refractivity contribution in [3.8, 4) is 11.3 Å². The third-order valence-corrected chi connectivity index (χ3v) is 4.85. The van der Waals surface area contributed by atoms with Gasteiger partial charge in [0.2, 0.25) is 11.0 Å². The molecule has 0 unspecified atom stereocenters. The molecule has 1 amide bonds. The minimum atomic E-state index is -4.43. The Labute approximate surface area is 167 Å². The molecule has 0 saturated carbocycles. The standard InChI is InChI=1S/C20H13F3N4OS/c21-20(22,23)15-6-2-4-13(9-15)16-8-7-12-3-1-5-14(18(12)25-16)10-17(28)26-19-27-24-11-29-19/h1-9,11H,10H2,(H,26,27,28). The van der Waals surface area contributed by atoms with E-state index in [4.69, 9.17) is 0 Å². The Hall–Kier alpha value is -3.33. The lowest BCUT2D eigenvalue weighted by Gasteiger charge is -2.10. The van der Waals surface area contributed by atoms with Gasteiger partial charge < -0.3 is 5.32 Å². The van der Waals surface area contributed by atoms with E-state index in [9.17, 15) is 18.0 Å². The van der Waals surface area contributed by atoms with Crippen molar-refractivity contribution in [3.63, 3.8) is 0 Å². The number of carbonyl (C=O) groups is 1. The number of pyridine rings is 1. The molecule has 0 bridgehead atoms. The number of aromatic nitrogens is 3. The number of benzene rings is 2. The Bertz CT molecular complexity index is 1180. The zero-order valence-electron chi connectivity index (χ0n) is 14.8. The van der Waals surface area contributed by atoms with Crippen LogP contribution in [0.25, 0.3) is 22.2 Å².